The Morgan fingerprint density at radius 3 is 2.36 bits per heavy atom. The third-order valence-electron chi connectivity index (χ3n) is 1.41. The van der Waals surface area contributed by atoms with E-state index in [0.29, 0.717) is 6.42 Å². The Balaban J connectivity index is 3.94. The molecule has 14 heavy (non-hydrogen) atoms. The first-order valence-electron chi connectivity index (χ1n) is 4.64. The molecule has 0 saturated carbocycles. The highest BCUT2D eigenvalue weighted by molar-refractivity contribution is 7.90. The summed E-state index contributed by atoms with van der Waals surface area (Å²) in [5.74, 6) is -0.521. The van der Waals surface area contributed by atoms with Crippen LogP contribution in [0, 0.1) is 0 Å². The van der Waals surface area contributed by atoms with Crippen molar-refractivity contribution >= 4 is 15.9 Å². The number of hydrogen-bond donors (Lipinski definition) is 2. The minimum Gasteiger partial charge on any atom is -0.306 e. The molecule has 0 spiro atoms. The third kappa shape index (κ3) is 6.85. The van der Waals surface area contributed by atoms with E-state index in [1.165, 1.54) is 0 Å². The number of carbonyl (C=O) groups excluding carboxylic acids is 1. The first-order chi connectivity index (χ1) is 6.37. The number of rotatable bonds is 6. The summed E-state index contributed by atoms with van der Waals surface area (Å²) in [6.45, 7) is 5.54. The summed E-state index contributed by atoms with van der Waals surface area (Å²) < 4.78 is 24.2. The average molecular weight is 222 g/mol. The number of carbonyl (C=O) groups is 1. The lowest BCUT2D eigenvalue weighted by Crippen LogP contribution is -2.40. The number of hydrogen-bond acceptors (Lipinski definition) is 4. The summed E-state index contributed by atoms with van der Waals surface area (Å²) in [4.78, 5) is 11.1. The molecule has 2 N–H and O–H groups in total. The van der Waals surface area contributed by atoms with Gasteiger partial charge < -0.3 is 5.32 Å². The van der Waals surface area contributed by atoms with E-state index in [1.807, 2.05) is 18.6 Å². The van der Waals surface area contributed by atoms with Crippen LogP contribution >= 0.6 is 0 Å². The topological polar surface area (TPSA) is 75.3 Å². The van der Waals surface area contributed by atoms with Crippen molar-refractivity contribution in [3.05, 3.63) is 0 Å². The minimum atomic E-state index is -3.42. The average Bonchev–Trinajstić information content (AvgIpc) is 1.99. The molecular formula is C8H18N2O3S. The maximum absolute atomic E-state index is 11.1. The van der Waals surface area contributed by atoms with Gasteiger partial charge in [0.05, 0.1) is 12.3 Å². The Bertz CT molecular complexity index is 272. The van der Waals surface area contributed by atoms with Crippen LogP contribution < -0.4 is 10.0 Å². The highest BCUT2D eigenvalue weighted by atomic mass is 32.2. The van der Waals surface area contributed by atoms with Gasteiger partial charge >= 0.3 is 0 Å². The van der Waals surface area contributed by atoms with Gasteiger partial charge in [-0.25, -0.2) is 8.42 Å². The van der Waals surface area contributed by atoms with Gasteiger partial charge in [0.1, 0.15) is 0 Å². The Hall–Kier alpha value is -0.620. The molecule has 0 aromatic rings. The SMILES string of the molecule is CCCS(=O)(=O)NC(=O)CNC(C)C. The van der Waals surface area contributed by atoms with Crippen molar-refractivity contribution in [2.45, 2.75) is 33.2 Å². The number of nitrogens with one attached hydrogen (secondary N) is 2. The smallest absolute Gasteiger partial charge is 0.247 e. The van der Waals surface area contributed by atoms with Crippen molar-refractivity contribution in [3.8, 4) is 0 Å². The molecule has 0 rings (SSSR count). The molecule has 0 aliphatic heterocycles. The molecule has 0 bridgehead atoms. The lowest BCUT2D eigenvalue weighted by atomic mass is 10.4. The van der Waals surface area contributed by atoms with Crippen LogP contribution in [-0.2, 0) is 14.8 Å². The van der Waals surface area contributed by atoms with E-state index in [-0.39, 0.29) is 18.3 Å². The zero-order chi connectivity index (χ0) is 11.2. The second-order valence-electron chi connectivity index (χ2n) is 3.38. The van der Waals surface area contributed by atoms with Crippen LogP contribution in [0.5, 0.6) is 0 Å². The van der Waals surface area contributed by atoms with Gasteiger partial charge in [0.15, 0.2) is 0 Å². The van der Waals surface area contributed by atoms with Crippen LogP contribution in [0.25, 0.3) is 0 Å². The molecule has 0 radical (unpaired) electrons. The molecule has 5 nitrogen and oxygen atoms in total. The van der Waals surface area contributed by atoms with Crippen LogP contribution in [0.4, 0.5) is 0 Å². The van der Waals surface area contributed by atoms with Crippen LogP contribution in [0.3, 0.4) is 0 Å². The highest BCUT2D eigenvalue weighted by Crippen LogP contribution is 1.87. The maximum Gasteiger partial charge on any atom is 0.247 e. The molecule has 0 unspecified atom stereocenters. The van der Waals surface area contributed by atoms with E-state index in [4.69, 9.17) is 0 Å². The quantitative estimate of drug-likeness (QED) is 0.655. The fourth-order valence-corrected chi connectivity index (χ4v) is 1.88. The van der Waals surface area contributed by atoms with Crippen molar-refractivity contribution in [1.29, 1.82) is 0 Å². The van der Waals surface area contributed by atoms with Crippen molar-refractivity contribution in [3.63, 3.8) is 0 Å². The van der Waals surface area contributed by atoms with Crippen molar-refractivity contribution in [1.82, 2.24) is 10.0 Å². The zero-order valence-electron chi connectivity index (χ0n) is 8.83. The van der Waals surface area contributed by atoms with E-state index < -0.39 is 15.9 Å². The summed E-state index contributed by atoms with van der Waals surface area (Å²) in [5, 5.41) is 2.83. The van der Waals surface area contributed by atoms with Crippen molar-refractivity contribution in [2.75, 3.05) is 12.3 Å². The van der Waals surface area contributed by atoms with Crippen LogP contribution in [-0.4, -0.2) is 32.7 Å². The van der Waals surface area contributed by atoms with Gasteiger partial charge in [-0.3, -0.25) is 9.52 Å². The first-order valence-corrected chi connectivity index (χ1v) is 6.29. The Labute approximate surface area is 85.3 Å². The Kier molecular flexibility index (Phi) is 5.71. The molecule has 0 aliphatic carbocycles. The molecule has 1 amide bonds. The van der Waals surface area contributed by atoms with E-state index in [1.54, 1.807) is 6.92 Å². The standard InChI is InChI=1S/C8H18N2O3S/c1-4-5-14(12,13)10-8(11)6-9-7(2)3/h7,9H,4-6H2,1-3H3,(H,10,11). The van der Waals surface area contributed by atoms with Crippen LogP contribution in [0.1, 0.15) is 27.2 Å². The van der Waals surface area contributed by atoms with Gasteiger partial charge in [-0.1, -0.05) is 20.8 Å². The fraction of sp³-hybridized carbons (Fsp3) is 0.875. The normalized spacial score (nSPS) is 11.7. The summed E-state index contributed by atoms with van der Waals surface area (Å²) >= 11 is 0. The predicted octanol–water partition coefficient (Wildman–Crippen LogP) is -0.160. The maximum atomic E-state index is 11.1. The van der Waals surface area contributed by atoms with E-state index >= 15 is 0 Å². The van der Waals surface area contributed by atoms with E-state index in [0.717, 1.165) is 0 Å². The Morgan fingerprint density at radius 1 is 1.36 bits per heavy atom. The third-order valence-corrected chi connectivity index (χ3v) is 2.90. The predicted molar refractivity (Wildman–Crippen MR) is 55.4 cm³/mol. The van der Waals surface area contributed by atoms with Gasteiger partial charge in [-0.15, -0.1) is 0 Å². The van der Waals surface area contributed by atoms with Gasteiger partial charge in [0.25, 0.3) is 0 Å². The molecule has 0 heterocycles. The second-order valence-corrected chi connectivity index (χ2v) is 5.22. The lowest BCUT2D eigenvalue weighted by Gasteiger charge is -2.08. The van der Waals surface area contributed by atoms with E-state index in [2.05, 4.69) is 5.32 Å². The number of amides is 1. The highest BCUT2D eigenvalue weighted by Gasteiger charge is 2.12. The van der Waals surface area contributed by atoms with E-state index in [9.17, 15) is 13.2 Å². The molecule has 0 aromatic heterocycles. The van der Waals surface area contributed by atoms with Gasteiger partial charge in [-0.05, 0) is 6.42 Å². The summed E-state index contributed by atoms with van der Waals surface area (Å²) in [6, 6.07) is 0.162. The Morgan fingerprint density at radius 2 is 1.93 bits per heavy atom. The summed E-state index contributed by atoms with van der Waals surface area (Å²) in [5.41, 5.74) is 0. The largest absolute Gasteiger partial charge is 0.306 e. The van der Waals surface area contributed by atoms with Gasteiger partial charge in [0, 0.05) is 6.04 Å². The minimum absolute atomic E-state index is 0.0135. The molecule has 6 heteroatoms. The molecule has 0 fully saturated rings. The van der Waals surface area contributed by atoms with Gasteiger partial charge in [-0.2, -0.15) is 0 Å². The molecule has 84 valence electrons. The monoisotopic (exact) mass is 222 g/mol. The lowest BCUT2D eigenvalue weighted by molar-refractivity contribution is -0.118. The van der Waals surface area contributed by atoms with Crippen molar-refractivity contribution < 1.29 is 13.2 Å². The molecule has 0 aliphatic rings. The zero-order valence-corrected chi connectivity index (χ0v) is 9.65. The van der Waals surface area contributed by atoms with Crippen LogP contribution in [0.2, 0.25) is 0 Å². The van der Waals surface area contributed by atoms with Crippen molar-refractivity contribution in [2.24, 2.45) is 0 Å². The van der Waals surface area contributed by atoms with Gasteiger partial charge in [0.2, 0.25) is 15.9 Å². The summed E-state index contributed by atoms with van der Waals surface area (Å²) in [7, 11) is -3.42. The molecular weight excluding hydrogens is 204 g/mol. The first kappa shape index (κ1) is 13.4. The number of sulfonamides is 1. The molecule has 0 aromatic carbocycles. The fourth-order valence-electron chi connectivity index (χ4n) is 0.826. The second kappa shape index (κ2) is 5.98. The summed E-state index contributed by atoms with van der Waals surface area (Å²) in [6.07, 6.45) is 0.500. The molecule has 0 saturated heterocycles. The van der Waals surface area contributed by atoms with Crippen LogP contribution in [0.15, 0.2) is 0 Å². The molecule has 0 atom stereocenters.